The molecule has 1 unspecified atom stereocenters. The van der Waals surface area contributed by atoms with E-state index >= 15 is 0 Å². The molecule has 1 atom stereocenters. The Morgan fingerprint density at radius 1 is 1.16 bits per heavy atom. The number of anilines is 1. The number of piperidine rings is 1. The average Bonchev–Trinajstić information content (AvgIpc) is 3.26. The van der Waals surface area contributed by atoms with E-state index in [1.165, 1.54) is 11.1 Å². The van der Waals surface area contributed by atoms with Crippen molar-refractivity contribution in [3.8, 4) is 0 Å². The Labute approximate surface area is 187 Å². The van der Waals surface area contributed by atoms with Gasteiger partial charge in [-0.15, -0.1) is 0 Å². The van der Waals surface area contributed by atoms with E-state index in [0.717, 1.165) is 80.4 Å². The van der Waals surface area contributed by atoms with Gasteiger partial charge in [0.25, 0.3) is 0 Å². The number of nitrogens with one attached hydrogen (secondary N) is 1. The molecule has 0 bridgehead atoms. The van der Waals surface area contributed by atoms with Gasteiger partial charge >= 0.3 is 0 Å². The van der Waals surface area contributed by atoms with Crippen LogP contribution in [-0.4, -0.2) is 53.5 Å². The van der Waals surface area contributed by atoms with E-state index in [-0.39, 0.29) is 11.8 Å². The summed E-state index contributed by atoms with van der Waals surface area (Å²) in [4.78, 5) is 27.6. The number of amides is 1. The molecule has 6 nitrogen and oxygen atoms in total. The summed E-state index contributed by atoms with van der Waals surface area (Å²) in [6, 6.07) is 12.6. The van der Waals surface area contributed by atoms with Gasteiger partial charge in [0.1, 0.15) is 10.3 Å². The summed E-state index contributed by atoms with van der Waals surface area (Å²) >= 11 is 1.62. The minimum Gasteiger partial charge on any atom is -0.356 e. The van der Waals surface area contributed by atoms with Crippen molar-refractivity contribution in [3.63, 3.8) is 0 Å². The predicted molar refractivity (Wildman–Crippen MR) is 125 cm³/mol. The highest BCUT2D eigenvalue weighted by Gasteiger charge is 2.27. The molecule has 31 heavy (non-hydrogen) atoms. The van der Waals surface area contributed by atoms with Crippen molar-refractivity contribution in [2.45, 2.75) is 32.2 Å². The van der Waals surface area contributed by atoms with Gasteiger partial charge in [0.2, 0.25) is 5.91 Å². The summed E-state index contributed by atoms with van der Waals surface area (Å²) in [5, 5.41) is 4.17. The normalized spacial score (nSPS) is 19.4. The second-order valence-electron chi connectivity index (χ2n) is 8.55. The van der Waals surface area contributed by atoms with Crippen molar-refractivity contribution in [1.29, 1.82) is 0 Å². The first-order valence-electron chi connectivity index (χ1n) is 11.3. The lowest BCUT2D eigenvalue weighted by Crippen LogP contribution is -2.43. The Kier molecular flexibility index (Phi) is 6.13. The van der Waals surface area contributed by atoms with E-state index in [1.807, 2.05) is 12.1 Å². The standard InChI is InChI=1S/C24H29N5OS/c30-22(25-12-5-13-28-15-10-18-6-1-2-7-19(18)16-28)20-8-4-14-29(17-20)24-27-21-9-3-11-26-23(21)31-24/h1-3,6-7,9,11,20H,4-5,8,10,12-17H2,(H,25,30). The van der Waals surface area contributed by atoms with E-state index in [0.29, 0.717) is 0 Å². The third-order valence-corrected chi connectivity index (χ3v) is 7.42. The second kappa shape index (κ2) is 9.32. The van der Waals surface area contributed by atoms with Gasteiger partial charge in [-0.05, 0) is 48.9 Å². The second-order valence-corrected chi connectivity index (χ2v) is 9.50. The molecule has 4 heterocycles. The molecule has 0 radical (unpaired) electrons. The molecule has 5 rings (SSSR count). The molecule has 7 heteroatoms. The molecule has 2 aliphatic rings. The topological polar surface area (TPSA) is 61.4 Å². The molecular weight excluding hydrogens is 406 g/mol. The maximum absolute atomic E-state index is 12.8. The number of thiazole rings is 1. The number of benzene rings is 1. The van der Waals surface area contributed by atoms with Gasteiger partial charge in [0.05, 0.1) is 5.92 Å². The summed E-state index contributed by atoms with van der Waals surface area (Å²) in [6.07, 6.45) is 5.90. The van der Waals surface area contributed by atoms with Gasteiger partial charge in [-0.2, -0.15) is 0 Å². The van der Waals surface area contributed by atoms with Crippen LogP contribution < -0.4 is 10.2 Å². The van der Waals surface area contributed by atoms with Crippen molar-refractivity contribution in [2.24, 2.45) is 5.92 Å². The maximum atomic E-state index is 12.8. The number of hydrogen-bond donors (Lipinski definition) is 1. The van der Waals surface area contributed by atoms with Crippen LogP contribution in [-0.2, 0) is 17.8 Å². The molecule has 1 aromatic carbocycles. The smallest absolute Gasteiger partial charge is 0.224 e. The monoisotopic (exact) mass is 435 g/mol. The molecule has 1 saturated heterocycles. The van der Waals surface area contributed by atoms with Gasteiger partial charge in [0, 0.05) is 45.5 Å². The third kappa shape index (κ3) is 4.72. The van der Waals surface area contributed by atoms with Crippen LogP contribution in [0.1, 0.15) is 30.4 Å². The average molecular weight is 436 g/mol. The Morgan fingerprint density at radius 3 is 2.97 bits per heavy atom. The number of fused-ring (bicyclic) bond motifs is 2. The van der Waals surface area contributed by atoms with Crippen LogP contribution in [0.15, 0.2) is 42.6 Å². The minimum absolute atomic E-state index is 0.0376. The minimum atomic E-state index is 0.0376. The van der Waals surface area contributed by atoms with Crippen molar-refractivity contribution in [2.75, 3.05) is 37.6 Å². The number of aromatic nitrogens is 2. The molecule has 2 aromatic heterocycles. The molecule has 162 valence electrons. The summed E-state index contributed by atoms with van der Waals surface area (Å²) in [6.45, 7) is 5.62. The lowest BCUT2D eigenvalue weighted by atomic mass is 9.97. The Balaban J connectivity index is 1.08. The molecular formula is C24H29N5OS. The van der Waals surface area contributed by atoms with Crippen molar-refractivity contribution >= 4 is 32.7 Å². The van der Waals surface area contributed by atoms with Crippen LogP contribution in [0, 0.1) is 5.92 Å². The summed E-state index contributed by atoms with van der Waals surface area (Å²) in [5.41, 5.74) is 3.87. The Hall–Kier alpha value is -2.51. The van der Waals surface area contributed by atoms with Crippen LogP contribution in [0.25, 0.3) is 10.3 Å². The molecule has 0 saturated carbocycles. The van der Waals surface area contributed by atoms with E-state index in [4.69, 9.17) is 4.98 Å². The van der Waals surface area contributed by atoms with Gasteiger partial charge < -0.3 is 10.2 Å². The number of rotatable bonds is 6. The number of pyridine rings is 1. The van der Waals surface area contributed by atoms with E-state index in [2.05, 4.69) is 44.4 Å². The zero-order chi connectivity index (χ0) is 21.0. The fourth-order valence-electron chi connectivity index (χ4n) is 4.66. The highest BCUT2D eigenvalue weighted by Crippen LogP contribution is 2.30. The summed E-state index contributed by atoms with van der Waals surface area (Å²) in [7, 11) is 0. The molecule has 2 aliphatic heterocycles. The number of hydrogen-bond acceptors (Lipinski definition) is 6. The van der Waals surface area contributed by atoms with Crippen molar-refractivity contribution < 1.29 is 4.79 Å². The third-order valence-electron chi connectivity index (χ3n) is 6.38. The van der Waals surface area contributed by atoms with Crippen LogP contribution >= 0.6 is 11.3 Å². The molecule has 0 spiro atoms. The number of nitrogens with zero attached hydrogens (tertiary/aromatic N) is 4. The molecule has 1 N–H and O–H groups in total. The highest BCUT2D eigenvalue weighted by atomic mass is 32.1. The van der Waals surface area contributed by atoms with Gasteiger partial charge in [0.15, 0.2) is 5.13 Å². The Morgan fingerprint density at radius 2 is 2.06 bits per heavy atom. The first-order chi connectivity index (χ1) is 15.3. The molecule has 0 aliphatic carbocycles. The molecule has 1 amide bonds. The number of carbonyl (C=O) groups is 1. The van der Waals surface area contributed by atoms with E-state index in [1.54, 1.807) is 17.5 Å². The zero-order valence-electron chi connectivity index (χ0n) is 17.8. The molecule has 1 fully saturated rings. The lowest BCUT2D eigenvalue weighted by Gasteiger charge is -2.32. The van der Waals surface area contributed by atoms with Crippen molar-refractivity contribution in [3.05, 3.63) is 53.7 Å². The van der Waals surface area contributed by atoms with Gasteiger partial charge in [-0.25, -0.2) is 9.97 Å². The van der Waals surface area contributed by atoms with E-state index < -0.39 is 0 Å². The maximum Gasteiger partial charge on any atom is 0.224 e. The largest absolute Gasteiger partial charge is 0.356 e. The van der Waals surface area contributed by atoms with E-state index in [9.17, 15) is 4.79 Å². The predicted octanol–water partition coefficient (Wildman–Crippen LogP) is 3.47. The SMILES string of the molecule is O=C(NCCCN1CCc2ccccc2C1)C1CCCN(c2nc3cccnc3s2)C1. The first kappa shape index (κ1) is 20.4. The zero-order valence-corrected chi connectivity index (χ0v) is 18.6. The van der Waals surface area contributed by atoms with Crippen LogP contribution in [0.5, 0.6) is 0 Å². The lowest BCUT2D eigenvalue weighted by molar-refractivity contribution is -0.125. The Bertz CT molecular complexity index is 1020. The summed E-state index contributed by atoms with van der Waals surface area (Å²) < 4.78 is 0. The van der Waals surface area contributed by atoms with Crippen molar-refractivity contribution in [1.82, 2.24) is 20.2 Å². The van der Waals surface area contributed by atoms with Crippen LogP contribution in [0.4, 0.5) is 5.13 Å². The first-order valence-corrected chi connectivity index (χ1v) is 12.1. The number of carbonyl (C=O) groups excluding carboxylic acids is 1. The fraction of sp³-hybridized carbons (Fsp3) is 0.458. The van der Waals surface area contributed by atoms with Crippen LogP contribution in [0.2, 0.25) is 0 Å². The summed E-state index contributed by atoms with van der Waals surface area (Å²) in [5.74, 6) is 0.225. The van der Waals surface area contributed by atoms with Crippen LogP contribution in [0.3, 0.4) is 0 Å². The molecule has 3 aromatic rings. The quantitative estimate of drug-likeness (QED) is 0.601. The fourth-order valence-corrected chi connectivity index (χ4v) is 5.61. The highest BCUT2D eigenvalue weighted by molar-refractivity contribution is 7.21. The van der Waals surface area contributed by atoms with Gasteiger partial charge in [-0.3, -0.25) is 9.69 Å². The van der Waals surface area contributed by atoms with Gasteiger partial charge in [-0.1, -0.05) is 35.6 Å².